The Morgan fingerprint density at radius 3 is 2.59 bits per heavy atom. The molecule has 0 fully saturated rings. The van der Waals surface area contributed by atoms with Crippen molar-refractivity contribution in [2.75, 3.05) is 25.6 Å². The van der Waals surface area contributed by atoms with Gasteiger partial charge in [0.2, 0.25) is 26.6 Å². The van der Waals surface area contributed by atoms with Crippen LogP contribution in [0.15, 0.2) is 67.3 Å². The van der Waals surface area contributed by atoms with E-state index >= 15 is 0 Å². The van der Waals surface area contributed by atoms with Crippen molar-refractivity contribution in [2.45, 2.75) is 16.8 Å². The van der Waals surface area contributed by atoms with Crippen molar-refractivity contribution in [1.82, 2.24) is 4.98 Å². The predicted octanol–water partition coefficient (Wildman–Crippen LogP) is 4.30. The molecule has 142 valence electrons. The highest BCUT2D eigenvalue weighted by molar-refractivity contribution is 9.10. The summed E-state index contributed by atoms with van der Waals surface area (Å²) in [6.45, 7) is 2.74. The third-order valence-corrected chi connectivity index (χ3v) is 6.04. The number of nitrogens with zero attached hydrogens (tertiary/aromatic N) is 1. The zero-order valence-corrected chi connectivity index (χ0v) is 17.3. The van der Waals surface area contributed by atoms with Gasteiger partial charge in [0.05, 0.1) is 11.5 Å². The molecule has 0 spiro atoms. The number of ether oxygens (including phenoxy) is 1. The van der Waals surface area contributed by atoms with Crippen LogP contribution >= 0.6 is 15.9 Å². The summed E-state index contributed by atoms with van der Waals surface area (Å²) in [5, 5.41) is 2.82. The molecule has 0 saturated carbocycles. The molecular formula is C19H19BrN2O4S. The lowest BCUT2D eigenvalue weighted by Gasteiger charge is -2.05. The lowest BCUT2D eigenvalue weighted by molar-refractivity contribution is 0.210. The van der Waals surface area contributed by atoms with Crippen LogP contribution in [0.5, 0.6) is 0 Å². The van der Waals surface area contributed by atoms with Gasteiger partial charge in [-0.3, -0.25) is 0 Å². The van der Waals surface area contributed by atoms with Crippen LogP contribution in [0, 0.1) is 6.92 Å². The normalized spacial score (nSPS) is 11.5. The first-order chi connectivity index (χ1) is 12.9. The smallest absolute Gasteiger partial charge is 0.233 e. The first-order valence-corrected chi connectivity index (χ1v) is 10.5. The Hall–Kier alpha value is -2.16. The SMILES string of the molecule is COCCNc1oc(-c2cccc(C)c2)nc1S(=O)(=O)c1ccc(Br)cc1. The van der Waals surface area contributed by atoms with Crippen molar-refractivity contribution in [1.29, 1.82) is 0 Å². The van der Waals surface area contributed by atoms with Crippen molar-refractivity contribution in [3.05, 3.63) is 58.6 Å². The van der Waals surface area contributed by atoms with Gasteiger partial charge in [0.15, 0.2) is 0 Å². The fourth-order valence-corrected chi connectivity index (χ4v) is 4.04. The summed E-state index contributed by atoms with van der Waals surface area (Å²) >= 11 is 3.31. The maximum atomic E-state index is 13.1. The molecule has 27 heavy (non-hydrogen) atoms. The molecule has 0 amide bonds. The fraction of sp³-hybridized carbons (Fsp3) is 0.211. The number of methoxy groups -OCH3 is 1. The van der Waals surface area contributed by atoms with Crippen molar-refractivity contribution >= 4 is 31.7 Å². The Morgan fingerprint density at radius 2 is 1.93 bits per heavy atom. The highest BCUT2D eigenvalue weighted by Gasteiger charge is 2.28. The second-order valence-corrected chi connectivity index (χ2v) is 8.68. The third kappa shape index (κ3) is 4.40. The summed E-state index contributed by atoms with van der Waals surface area (Å²) in [5.41, 5.74) is 1.74. The molecule has 0 atom stereocenters. The number of anilines is 1. The molecule has 8 heteroatoms. The van der Waals surface area contributed by atoms with E-state index in [1.807, 2.05) is 31.2 Å². The number of nitrogens with one attached hydrogen (secondary N) is 1. The number of benzene rings is 2. The van der Waals surface area contributed by atoms with Gasteiger partial charge in [-0.2, -0.15) is 4.98 Å². The average Bonchev–Trinajstić information content (AvgIpc) is 3.07. The van der Waals surface area contributed by atoms with Crippen LogP contribution in [0.3, 0.4) is 0 Å². The van der Waals surface area contributed by atoms with Crippen molar-refractivity contribution in [2.24, 2.45) is 0 Å². The number of hydrogen-bond donors (Lipinski definition) is 1. The first kappa shape index (κ1) is 19.6. The fourth-order valence-electron chi connectivity index (χ4n) is 2.49. The minimum atomic E-state index is -3.85. The molecule has 1 aromatic heterocycles. The van der Waals surface area contributed by atoms with Crippen LogP contribution in [0.2, 0.25) is 0 Å². The number of hydrogen-bond acceptors (Lipinski definition) is 6. The molecule has 0 radical (unpaired) electrons. The summed E-state index contributed by atoms with van der Waals surface area (Å²) in [6, 6.07) is 13.9. The van der Waals surface area contributed by atoms with Gasteiger partial charge in [0, 0.05) is 23.7 Å². The Morgan fingerprint density at radius 1 is 1.19 bits per heavy atom. The van der Waals surface area contributed by atoms with Gasteiger partial charge in [-0.1, -0.05) is 33.6 Å². The third-order valence-electron chi connectivity index (χ3n) is 3.83. The molecule has 1 N–H and O–H groups in total. The molecule has 0 unspecified atom stereocenters. The Labute approximate surface area is 166 Å². The van der Waals surface area contributed by atoms with Crippen molar-refractivity contribution < 1.29 is 17.6 Å². The zero-order valence-electron chi connectivity index (χ0n) is 14.9. The molecule has 6 nitrogen and oxygen atoms in total. The maximum Gasteiger partial charge on any atom is 0.233 e. The van der Waals surface area contributed by atoms with Crippen LogP contribution in [0.4, 0.5) is 5.88 Å². The highest BCUT2D eigenvalue weighted by Crippen LogP contribution is 2.32. The monoisotopic (exact) mass is 450 g/mol. The van der Waals surface area contributed by atoms with Gasteiger partial charge in [-0.15, -0.1) is 0 Å². The topological polar surface area (TPSA) is 81.4 Å². The minimum Gasteiger partial charge on any atom is -0.419 e. The molecule has 0 saturated heterocycles. The van der Waals surface area contributed by atoms with Gasteiger partial charge < -0.3 is 14.5 Å². The van der Waals surface area contributed by atoms with E-state index in [9.17, 15) is 8.42 Å². The zero-order chi connectivity index (χ0) is 19.4. The van der Waals surface area contributed by atoms with Crippen LogP contribution in [0.1, 0.15) is 5.56 Å². The molecule has 0 aliphatic heterocycles. The van der Waals surface area contributed by atoms with Crippen molar-refractivity contribution in [3.8, 4) is 11.5 Å². The minimum absolute atomic E-state index is 0.103. The number of aryl methyl sites for hydroxylation is 1. The first-order valence-electron chi connectivity index (χ1n) is 8.23. The Kier molecular flexibility index (Phi) is 5.98. The molecule has 2 aromatic carbocycles. The van der Waals surface area contributed by atoms with E-state index in [0.717, 1.165) is 10.0 Å². The van der Waals surface area contributed by atoms with E-state index < -0.39 is 9.84 Å². The van der Waals surface area contributed by atoms with E-state index in [-0.39, 0.29) is 21.7 Å². The largest absolute Gasteiger partial charge is 0.419 e. The van der Waals surface area contributed by atoms with Crippen molar-refractivity contribution in [3.63, 3.8) is 0 Å². The van der Waals surface area contributed by atoms with E-state index in [4.69, 9.17) is 9.15 Å². The predicted molar refractivity (Wildman–Crippen MR) is 107 cm³/mol. The molecule has 1 heterocycles. The number of halogens is 1. The quantitative estimate of drug-likeness (QED) is 0.540. The molecule has 3 aromatic rings. The lowest BCUT2D eigenvalue weighted by atomic mass is 10.1. The summed E-state index contributed by atoms with van der Waals surface area (Å²) in [4.78, 5) is 4.44. The van der Waals surface area contributed by atoms with E-state index in [1.54, 1.807) is 19.2 Å². The molecule has 0 bridgehead atoms. The number of aromatic nitrogens is 1. The summed E-state index contributed by atoms with van der Waals surface area (Å²) < 4.78 is 37.8. The maximum absolute atomic E-state index is 13.1. The van der Waals surface area contributed by atoms with Gasteiger partial charge in [0.25, 0.3) is 0 Å². The summed E-state index contributed by atoms with van der Waals surface area (Å²) in [7, 11) is -2.28. The van der Waals surface area contributed by atoms with Crippen LogP contribution in [-0.4, -0.2) is 33.7 Å². The lowest BCUT2D eigenvalue weighted by Crippen LogP contribution is -2.11. The summed E-state index contributed by atoms with van der Waals surface area (Å²) in [5.74, 6) is 0.348. The Balaban J connectivity index is 2.07. The van der Waals surface area contributed by atoms with Gasteiger partial charge in [-0.05, 0) is 43.3 Å². The van der Waals surface area contributed by atoms with Gasteiger partial charge in [-0.25, -0.2) is 8.42 Å². The van der Waals surface area contributed by atoms with Crippen LogP contribution < -0.4 is 5.32 Å². The van der Waals surface area contributed by atoms with Gasteiger partial charge in [0.1, 0.15) is 0 Å². The standard InChI is InChI=1S/C19H19BrN2O4S/c1-13-4-3-5-14(12-13)17-22-19(18(26-17)21-10-11-25-2)27(23,24)16-8-6-15(20)7-9-16/h3-9,12,21H,10-11H2,1-2H3. The Bertz CT molecular complexity index is 1030. The molecule has 0 aliphatic rings. The van der Waals surface area contributed by atoms with Gasteiger partial charge >= 0.3 is 0 Å². The number of oxazole rings is 1. The van der Waals surface area contributed by atoms with E-state index in [2.05, 4.69) is 26.2 Å². The van der Waals surface area contributed by atoms with E-state index in [0.29, 0.717) is 18.7 Å². The van der Waals surface area contributed by atoms with E-state index in [1.165, 1.54) is 12.1 Å². The number of rotatable bonds is 7. The molecule has 0 aliphatic carbocycles. The van der Waals surface area contributed by atoms with Crippen LogP contribution in [-0.2, 0) is 14.6 Å². The summed E-state index contributed by atoms with van der Waals surface area (Å²) in [6.07, 6.45) is 0. The van der Waals surface area contributed by atoms with Crippen LogP contribution in [0.25, 0.3) is 11.5 Å². The molecular weight excluding hydrogens is 432 g/mol. The molecule has 3 rings (SSSR count). The average molecular weight is 451 g/mol. The number of sulfone groups is 1. The second-order valence-electron chi connectivity index (χ2n) is 5.90. The highest BCUT2D eigenvalue weighted by atomic mass is 79.9. The second kappa shape index (κ2) is 8.24.